The van der Waals surface area contributed by atoms with Gasteiger partial charge in [0.15, 0.2) is 0 Å². The number of hydrogen-bond donors (Lipinski definition) is 0. The summed E-state index contributed by atoms with van der Waals surface area (Å²) in [6.07, 6.45) is 4.68. The lowest BCUT2D eigenvalue weighted by atomic mass is 10.1. The Morgan fingerprint density at radius 1 is 1.30 bits per heavy atom. The molecule has 0 N–H and O–H groups in total. The second-order valence-corrected chi connectivity index (χ2v) is 7.65. The van der Waals surface area contributed by atoms with Crippen molar-refractivity contribution in [3.63, 3.8) is 0 Å². The molecule has 1 atom stereocenters. The van der Waals surface area contributed by atoms with E-state index < -0.39 is 15.8 Å². The van der Waals surface area contributed by atoms with Gasteiger partial charge in [0.2, 0.25) is 10.0 Å². The molecule has 8 heteroatoms. The third kappa shape index (κ3) is 3.28. The summed E-state index contributed by atoms with van der Waals surface area (Å²) in [7, 11) is -1.71. The molecule has 0 aliphatic carbocycles. The fraction of sp³-hybridized carbons (Fsp3) is 0.467. The highest BCUT2D eigenvalue weighted by molar-refractivity contribution is 7.89. The zero-order valence-corrected chi connectivity index (χ0v) is 13.7. The summed E-state index contributed by atoms with van der Waals surface area (Å²) >= 11 is 0. The number of halogens is 1. The Bertz CT molecular complexity index is 773. The van der Waals surface area contributed by atoms with E-state index in [0.29, 0.717) is 19.4 Å². The van der Waals surface area contributed by atoms with Gasteiger partial charge in [-0.05, 0) is 43.5 Å². The minimum Gasteiger partial charge on any atom is -0.321 e. The summed E-state index contributed by atoms with van der Waals surface area (Å²) in [6.45, 7) is 0.503. The van der Waals surface area contributed by atoms with Crippen LogP contribution in [0.2, 0.25) is 0 Å². The first-order valence-corrected chi connectivity index (χ1v) is 9.03. The van der Waals surface area contributed by atoms with Gasteiger partial charge in [0.05, 0.1) is 4.90 Å². The van der Waals surface area contributed by atoms with Gasteiger partial charge in [0.25, 0.3) is 0 Å². The van der Waals surface area contributed by atoms with Crippen LogP contribution in [0.15, 0.2) is 35.5 Å². The van der Waals surface area contributed by atoms with Gasteiger partial charge in [-0.25, -0.2) is 12.8 Å². The number of nitrogens with zero attached hydrogens (tertiary/aromatic N) is 4. The largest absolute Gasteiger partial charge is 0.321 e. The van der Waals surface area contributed by atoms with E-state index in [4.69, 9.17) is 0 Å². The molecule has 0 radical (unpaired) electrons. The Hall–Kier alpha value is -1.80. The summed E-state index contributed by atoms with van der Waals surface area (Å²) in [4.78, 5) is 0.143. The number of hydrogen-bond acceptors (Lipinski definition) is 4. The Balaban J connectivity index is 1.75. The van der Waals surface area contributed by atoms with Gasteiger partial charge in [-0.3, -0.25) is 0 Å². The van der Waals surface area contributed by atoms with Crippen LogP contribution in [0.1, 0.15) is 25.1 Å². The molecule has 1 saturated heterocycles. The summed E-state index contributed by atoms with van der Waals surface area (Å²) in [5, 5.41) is 7.87. The Morgan fingerprint density at radius 2 is 2.04 bits per heavy atom. The summed E-state index contributed by atoms with van der Waals surface area (Å²) in [6, 6.07) is 4.95. The fourth-order valence-corrected chi connectivity index (χ4v) is 4.71. The van der Waals surface area contributed by atoms with Crippen molar-refractivity contribution in [3.05, 3.63) is 42.2 Å². The lowest BCUT2D eigenvalue weighted by Gasteiger charge is -2.24. The quantitative estimate of drug-likeness (QED) is 0.833. The first-order chi connectivity index (χ1) is 11.0. The Morgan fingerprint density at radius 3 is 2.70 bits per heavy atom. The SMILES string of the molecule is Cn1cnnc1CCC1CCCN1S(=O)(=O)c1ccc(F)cc1. The molecule has 2 heterocycles. The molecule has 0 amide bonds. The number of sulfonamides is 1. The highest BCUT2D eigenvalue weighted by Gasteiger charge is 2.35. The third-order valence-corrected chi connectivity index (χ3v) is 6.22. The molecule has 1 aromatic heterocycles. The maximum absolute atomic E-state index is 13.0. The van der Waals surface area contributed by atoms with Crippen LogP contribution in [0.25, 0.3) is 0 Å². The highest BCUT2D eigenvalue weighted by Crippen LogP contribution is 2.28. The molecule has 0 saturated carbocycles. The Labute approximate surface area is 135 Å². The van der Waals surface area contributed by atoms with Gasteiger partial charge in [-0.15, -0.1) is 10.2 Å². The van der Waals surface area contributed by atoms with Crippen LogP contribution in [0, 0.1) is 5.82 Å². The van der Waals surface area contributed by atoms with Crippen LogP contribution >= 0.6 is 0 Å². The highest BCUT2D eigenvalue weighted by atomic mass is 32.2. The maximum Gasteiger partial charge on any atom is 0.243 e. The van der Waals surface area contributed by atoms with Crippen LogP contribution in [0.3, 0.4) is 0 Å². The topological polar surface area (TPSA) is 68.1 Å². The molecule has 1 fully saturated rings. The van der Waals surface area contributed by atoms with Crippen LogP contribution in [0.5, 0.6) is 0 Å². The molecular weight excluding hydrogens is 319 g/mol. The van der Waals surface area contributed by atoms with Gasteiger partial charge in [-0.2, -0.15) is 4.31 Å². The molecular formula is C15H19FN4O2S. The number of benzene rings is 1. The van der Waals surface area contributed by atoms with Crippen molar-refractivity contribution in [2.45, 2.75) is 36.6 Å². The molecule has 23 heavy (non-hydrogen) atoms. The molecule has 1 unspecified atom stereocenters. The van der Waals surface area contributed by atoms with E-state index in [1.807, 2.05) is 11.6 Å². The van der Waals surface area contributed by atoms with Crippen molar-refractivity contribution in [2.24, 2.45) is 7.05 Å². The van der Waals surface area contributed by atoms with Crippen molar-refractivity contribution in [2.75, 3.05) is 6.54 Å². The zero-order chi connectivity index (χ0) is 16.4. The van der Waals surface area contributed by atoms with Gasteiger partial charge in [0, 0.05) is 26.1 Å². The van der Waals surface area contributed by atoms with Gasteiger partial charge in [0.1, 0.15) is 18.0 Å². The van der Waals surface area contributed by atoms with Crippen molar-refractivity contribution in [1.82, 2.24) is 19.1 Å². The molecule has 0 spiro atoms. The van der Waals surface area contributed by atoms with Crippen molar-refractivity contribution >= 4 is 10.0 Å². The minimum absolute atomic E-state index is 0.0539. The van der Waals surface area contributed by atoms with Gasteiger partial charge < -0.3 is 4.57 Å². The lowest BCUT2D eigenvalue weighted by molar-refractivity contribution is 0.367. The summed E-state index contributed by atoms with van der Waals surface area (Å²) in [5.41, 5.74) is 0. The fourth-order valence-electron chi connectivity index (χ4n) is 2.99. The Kier molecular flexibility index (Phi) is 4.45. The number of rotatable bonds is 5. The summed E-state index contributed by atoms with van der Waals surface area (Å²) in [5.74, 6) is 0.403. The standard InChI is InChI=1S/C15H19FN4O2S/c1-19-11-17-18-15(19)9-6-13-3-2-10-20(13)23(21,22)14-7-4-12(16)5-8-14/h4-5,7-8,11,13H,2-3,6,9-10H2,1H3. The molecule has 2 aromatic rings. The smallest absolute Gasteiger partial charge is 0.243 e. The normalized spacial score (nSPS) is 19.3. The predicted molar refractivity (Wildman–Crippen MR) is 82.6 cm³/mol. The van der Waals surface area contributed by atoms with Crippen LogP contribution in [-0.4, -0.2) is 40.1 Å². The van der Waals surface area contributed by atoms with E-state index in [9.17, 15) is 12.8 Å². The average Bonchev–Trinajstić information content (AvgIpc) is 3.14. The third-order valence-electron chi connectivity index (χ3n) is 4.25. The molecule has 0 bridgehead atoms. The second-order valence-electron chi connectivity index (χ2n) is 5.76. The van der Waals surface area contributed by atoms with E-state index in [1.165, 1.54) is 28.6 Å². The monoisotopic (exact) mass is 338 g/mol. The molecule has 6 nitrogen and oxygen atoms in total. The van der Waals surface area contributed by atoms with E-state index in [2.05, 4.69) is 10.2 Å². The van der Waals surface area contributed by atoms with Crippen LogP contribution < -0.4 is 0 Å². The average molecular weight is 338 g/mol. The van der Waals surface area contributed by atoms with Crippen molar-refractivity contribution < 1.29 is 12.8 Å². The van der Waals surface area contributed by atoms with E-state index >= 15 is 0 Å². The summed E-state index contributed by atoms with van der Waals surface area (Å²) < 4.78 is 41.9. The number of aryl methyl sites for hydroxylation is 2. The first kappa shape index (κ1) is 16.1. The van der Waals surface area contributed by atoms with E-state index in [0.717, 1.165) is 18.7 Å². The van der Waals surface area contributed by atoms with Gasteiger partial charge in [-0.1, -0.05) is 0 Å². The van der Waals surface area contributed by atoms with E-state index in [-0.39, 0.29) is 10.9 Å². The van der Waals surface area contributed by atoms with Crippen molar-refractivity contribution in [3.8, 4) is 0 Å². The number of aromatic nitrogens is 3. The molecule has 124 valence electrons. The van der Waals surface area contributed by atoms with Crippen LogP contribution in [-0.2, 0) is 23.5 Å². The molecule has 1 aliphatic rings. The lowest BCUT2D eigenvalue weighted by Crippen LogP contribution is -2.36. The molecule has 1 aromatic carbocycles. The predicted octanol–water partition coefficient (Wildman–Crippen LogP) is 1.74. The zero-order valence-electron chi connectivity index (χ0n) is 12.9. The minimum atomic E-state index is -3.58. The molecule has 3 rings (SSSR count). The first-order valence-electron chi connectivity index (χ1n) is 7.59. The van der Waals surface area contributed by atoms with Gasteiger partial charge >= 0.3 is 0 Å². The maximum atomic E-state index is 13.0. The van der Waals surface area contributed by atoms with Crippen LogP contribution in [0.4, 0.5) is 4.39 Å². The molecule has 1 aliphatic heterocycles. The van der Waals surface area contributed by atoms with Crippen molar-refractivity contribution in [1.29, 1.82) is 0 Å². The van der Waals surface area contributed by atoms with E-state index in [1.54, 1.807) is 6.33 Å². The second kappa shape index (κ2) is 6.37.